The van der Waals surface area contributed by atoms with E-state index in [0.717, 1.165) is 6.92 Å². The average Bonchev–Trinajstić information content (AvgIpc) is 1.83. The molecule has 0 spiro atoms. The summed E-state index contributed by atoms with van der Waals surface area (Å²) in [6.07, 6.45) is -0.470. The summed E-state index contributed by atoms with van der Waals surface area (Å²) in [4.78, 5) is 0. The van der Waals surface area contributed by atoms with Crippen molar-refractivity contribution in [3.63, 3.8) is 0 Å². The largest absolute Gasteiger partial charge is 0.499 e. The van der Waals surface area contributed by atoms with Crippen LogP contribution in [-0.4, -0.2) is 24.5 Å². The van der Waals surface area contributed by atoms with Gasteiger partial charge >= 0.3 is 5.51 Å². The molecule has 0 aromatic heterocycles. The van der Waals surface area contributed by atoms with E-state index in [0.29, 0.717) is 0 Å². The van der Waals surface area contributed by atoms with Crippen molar-refractivity contribution in [1.29, 1.82) is 0 Å². The zero-order valence-corrected chi connectivity index (χ0v) is 6.41. The van der Waals surface area contributed by atoms with E-state index in [4.69, 9.17) is 5.11 Å². The molecular weight excluding hydrogens is 185 g/mol. The zero-order chi connectivity index (χ0) is 9.28. The van der Waals surface area contributed by atoms with Gasteiger partial charge in [-0.25, -0.2) is 8.42 Å². The van der Waals surface area contributed by atoms with E-state index in [1.807, 2.05) is 0 Å². The number of aliphatic hydroxyl groups excluding tert-OH is 1. The molecule has 0 radical (unpaired) electrons. The fraction of sp³-hybridized carbons (Fsp3) is 1.00. The van der Waals surface area contributed by atoms with Crippen LogP contribution in [0.15, 0.2) is 0 Å². The van der Waals surface area contributed by atoms with Crippen molar-refractivity contribution in [1.82, 2.24) is 0 Å². The maximum atomic E-state index is 11.5. The predicted octanol–water partition coefficient (Wildman–Crippen LogP) is 0.649. The fourth-order valence-corrected chi connectivity index (χ4v) is 1.12. The Bertz CT molecular complexity index is 217. The van der Waals surface area contributed by atoms with E-state index in [9.17, 15) is 21.6 Å². The standard InChI is InChI=1S/C4H7F3O3S/c1-2-3(8)11(9,10)4(5,6)7/h3,8H,2H2,1H3. The van der Waals surface area contributed by atoms with Crippen LogP contribution in [0.2, 0.25) is 0 Å². The normalized spacial score (nSPS) is 16.5. The van der Waals surface area contributed by atoms with E-state index in [1.165, 1.54) is 0 Å². The first kappa shape index (κ1) is 10.7. The first-order valence-electron chi connectivity index (χ1n) is 2.71. The van der Waals surface area contributed by atoms with E-state index in [1.54, 1.807) is 0 Å². The first-order valence-corrected chi connectivity index (χ1v) is 4.26. The molecule has 0 rings (SSSR count). The maximum absolute atomic E-state index is 11.5. The summed E-state index contributed by atoms with van der Waals surface area (Å²) < 4.78 is 55.0. The Morgan fingerprint density at radius 3 is 1.91 bits per heavy atom. The molecule has 1 N–H and O–H groups in total. The highest BCUT2D eigenvalue weighted by atomic mass is 32.2. The number of rotatable bonds is 2. The van der Waals surface area contributed by atoms with E-state index in [-0.39, 0.29) is 0 Å². The van der Waals surface area contributed by atoms with Crippen LogP contribution in [0.3, 0.4) is 0 Å². The second kappa shape index (κ2) is 2.98. The molecule has 0 aliphatic carbocycles. The van der Waals surface area contributed by atoms with E-state index >= 15 is 0 Å². The molecule has 0 bridgehead atoms. The maximum Gasteiger partial charge on any atom is 0.499 e. The van der Waals surface area contributed by atoms with Crippen molar-refractivity contribution in [2.45, 2.75) is 24.3 Å². The van der Waals surface area contributed by atoms with Gasteiger partial charge in [-0.05, 0) is 6.42 Å². The summed E-state index contributed by atoms with van der Waals surface area (Å²) >= 11 is 0. The van der Waals surface area contributed by atoms with Crippen LogP contribution in [0, 0.1) is 0 Å². The minimum Gasteiger partial charge on any atom is -0.377 e. The Kier molecular flexibility index (Phi) is 2.90. The minimum atomic E-state index is -5.37. The molecule has 0 aromatic rings. The fourth-order valence-electron chi connectivity index (χ4n) is 0.374. The highest BCUT2D eigenvalue weighted by molar-refractivity contribution is 7.92. The molecule has 0 heterocycles. The number of hydrogen-bond acceptors (Lipinski definition) is 3. The average molecular weight is 192 g/mol. The van der Waals surface area contributed by atoms with Crippen LogP contribution in [0.1, 0.15) is 13.3 Å². The van der Waals surface area contributed by atoms with Crippen molar-refractivity contribution in [2.75, 3.05) is 0 Å². The first-order chi connectivity index (χ1) is 4.73. The van der Waals surface area contributed by atoms with Crippen molar-refractivity contribution >= 4 is 9.84 Å². The Balaban J connectivity index is 4.77. The van der Waals surface area contributed by atoms with Gasteiger partial charge in [-0.2, -0.15) is 13.2 Å². The molecule has 0 aliphatic rings. The third kappa shape index (κ3) is 2.06. The Hall–Kier alpha value is -0.300. The number of halogens is 3. The van der Waals surface area contributed by atoms with Gasteiger partial charge in [0, 0.05) is 0 Å². The molecule has 0 aromatic carbocycles. The van der Waals surface area contributed by atoms with Crippen LogP contribution in [0.4, 0.5) is 13.2 Å². The summed E-state index contributed by atoms with van der Waals surface area (Å²) in [7, 11) is -5.37. The molecule has 1 unspecified atom stereocenters. The lowest BCUT2D eigenvalue weighted by molar-refractivity contribution is -0.0475. The topological polar surface area (TPSA) is 54.4 Å². The molecule has 0 amide bonds. The SMILES string of the molecule is CCC(O)S(=O)(=O)C(F)(F)F. The number of sulfone groups is 1. The highest BCUT2D eigenvalue weighted by Gasteiger charge is 2.49. The molecule has 3 nitrogen and oxygen atoms in total. The Labute approximate surface area is 61.8 Å². The Morgan fingerprint density at radius 2 is 1.82 bits per heavy atom. The number of hydrogen-bond donors (Lipinski definition) is 1. The van der Waals surface area contributed by atoms with Gasteiger partial charge in [0.25, 0.3) is 9.84 Å². The third-order valence-corrected chi connectivity index (χ3v) is 2.72. The third-order valence-electron chi connectivity index (χ3n) is 1.03. The van der Waals surface area contributed by atoms with Crippen molar-refractivity contribution in [3.8, 4) is 0 Å². The molecule has 68 valence electrons. The van der Waals surface area contributed by atoms with Crippen molar-refractivity contribution in [2.24, 2.45) is 0 Å². The molecule has 0 saturated carbocycles. The minimum absolute atomic E-state index is 0.470. The van der Waals surface area contributed by atoms with E-state index < -0.39 is 27.2 Å². The Morgan fingerprint density at radius 1 is 1.45 bits per heavy atom. The van der Waals surface area contributed by atoms with Crippen LogP contribution < -0.4 is 0 Å². The van der Waals surface area contributed by atoms with Gasteiger partial charge in [-0.1, -0.05) is 6.92 Å². The molecule has 0 aliphatic heterocycles. The van der Waals surface area contributed by atoms with Crippen LogP contribution in [0.25, 0.3) is 0 Å². The van der Waals surface area contributed by atoms with Gasteiger partial charge in [0.15, 0.2) is 5.44 Å². The molecule has 1 atom stereocenters. The second-order valence-corrected chi connectivity index (χ2v) is 3.95. The summed E-state index contributed by atoms with van der Waals surface area (Å²) in [5.41, 5.74) is -7.70. The second-order valence-electron chi connectivity index (χ2n) is 1.85. The van der Waals surface area contributed by atoms with Gasteiger partial charge in [0.05, 0.1) is 0 Å². The highest BCUT2D eigenvalue weighted by Crippen LogP contribution is 2.27. The van der Waals surface area contributed by atoms with Crippen LogP contribution >= 0.6 is 0 Å². The lowest BCUT2D eigenvalue weighted by atomic mass is 10.5. The summed E-state index contributed by atoms with van der Waals surface area (Å²) in [5.74, 6) is 0. The predicted molar refractivity (Wildman–Crippen MR) is 31.3 cm³/mol. The smallest absolute Gasteiger partial charge is 0.377 e. The molecule has 11 heavy (non-hydrogen) atoms. The summed E-state index contributed by atoms with van der Waals surface area (Å²) in [6.45, 7) is 1.15. The van der Waals surface area contributed by atoms with Gasteiger partial charge in [0.1, 0.15) is 0 Å². The summed E-state index contributed by atoms with van der Waals surface area (Å²) in [5, 5.41) is 8.41. The number of aliphatic hydroxyl groups is 1. The quantitative estimate of drug-likeness (QED) is 0.698. The van der Waals surface area contributed by atoms with Gasteiger partial charge in [-0.15, -0.1) is 0 Å². The van der Waals surface area contributed by atoms with Crippen molar-refractivity contribution < 1.29 is 26.7 Å². The molecule has 0 fully saturated rings. The molecule has 0 saturated heterocycles. The number of alkyl halides is 3. The van der Waals surface area contributed by atoms with Gasteiger partial charge in [-0.3, -0.25) is 0 Å². The summed E-state index contributed by atoms with van der Waals surface area (Å²) in [6, 6.07) is 0. The van der Waals surface area contributed by atoms with Gasteiger partial charge in [0.2, 0.25) is 0 Å². The molecule has 7 heteroatoms. The monoisotopic (exact) mass is 192 g/mol. The van der Waals surface area contributed by atoms with E-state index in [2.05, 4.69) is 0 Å². The van der Waals surface area contributed by atoms with Crippen LogP contribution in [-0.2, 0) is 9.84 Å². The van der Waals surface area contributed by atoms with Crippen molar-refractivity contribution in [3.05, 3.63) is 0 Å². The zero-order valence-electron chi connectivity index (χ0n) is 5.59. The lowest BCUT2D eigenvalue weighted by Gasteiger charge is -2.11. The van der Waals surface area contributed by atoms with Crippen LogP contribution in [0.5, 0.6) is 0 Å². The lowest BCUT2D eigenvalue weighted by Crippen LogP contribution is -2.33. The molecular formula is C4H7F3O3S. The van der Waals surface area contributed by atoms with Gasteiger partial charge < -0.3 is 5.11 Å².